The Hall–Kier alpha value is -3.03. The standard InChI is InChI=1S/C18H22N4O4/c1-24-14-9-8-11(16(25-2)17(14)26-3)10-19-22-18(23)15-12-6-4-5-7-13(12)20-21-15/h8-10H,4-7H2,1-3H3,(H,20,21)(H,22,23). The Balaban J connectivity index is 1.76. The maximum Gasteiger partial charge on any atom is 0.292 e. The molecule has 0 aliphatic heterocycles. The van der Waals surface area contributed by atoms with E-state index in [1.165, 1.54) is 20.4 Å². The predicted octanol–water partition coefficient (Wildman–Crippen LogP) is 2.08. The number of methoxy groups -OCH3 is 3. The highest BCUT2D eigenvalue weighted by Gasteiger charge is 2.21. The van der Waals surface area contributed by atoms with Crippen LogP contribution in [0.15, 0.2) is 17.2 Å². The third-order valence-corrected chi connectivity index (χ3v) is 4.38. The molecule has 0 atom stereocenters. The van der Waals surface area contributed by atoms with Crippen molar-refractivity contribution in [2.45, 2.75) is 25.7 Å². The number of aromatic amines is 1. The summed E-state index contributed by atoms with van der Waals surface area (Å²) in [7, 11) is 4.61. The van der Waals surface area contributed by atoms with E-state index in [4.69, 9.17) is 14.2 Å². The first-order chi connectivity index (χ1) is 12.7. The molecule has 1 heterocycles. The molecular formula is C18H22N4O4. The number of nitrogens with zero attached hydrogens (tertiary/aromatic N) is 2. The monoisotopic (exact) mass is 358 g/mol. The third kappa shape index (κ3) is 3.35. The van der Waals surface area contributed by atoms with Gasteiger partial charge >= 0.3 is 0 Å². The Labute approximate surface area is 151 Å². The lowest BCUT2D eigenvalue weighted by Gasteiger charge is -2.13. The molecule has 2 N–H and O–H groups in total. The molecule has 138 valence electrons. The zero-order valence-electron chi connectivity index (χ0n) is 15.1. The summed E-state index contributed by atoms with van der Waals surface area (Å²) in [5.41, 5.74) is 5.62. The van der Waals surface area contributed by atoms with E-state index in [1.54, 1.807) is 19.2 Å². The second-order valence-electron chi connectivity index (χ2n) is 5.86. The molecular weight excluding hydrogens is 336 g/mol. The van der Waals surface area contributed by atoms with Crippen LogP contribution < -0.4 is 19.6 Å². The Morgan fingerprint density at radius 2 is 1.92 bits per heavy atom. The van der Waals surface area contributed by atoms with E-state index in [2.05, 4.69) is 20.7 Å². The van der Waals surface area contributed by atoms with E-state index in [9.17, 15) is 4.79 Å². The number of nitrogens with one attached hydrogen (secondary N) is 2. The maximum absolute atomic E-state index is 12.4. The van der Waals surface area contributed by atoms with Gasteiger partial charge in [-0.3, -0.25) is 9.89 Å². The number of fused-ring (bicyclic) bond motifs is 1. The summed E-state index contributed by atoms with van der Waals surface area (Å²) >= 11 is 0. The van der Waals surface area contributed by atoms with E-state index in [1.807, 2.05) is 0 Å². The highest BCUT2D eigenvalue weighted by Crippen LogP contribution is 2.38. The van der Waals surface area contributed by atoms with Crippen molar-refractivity contribution in [2.24, 2.45) is 5.10 Å². The predicted molar refractivity (Wildman–Crippen MR) is 96.4 cm³/mol. The van der Waals surface area contributed by atoms with Gasteiger partial charge in [-0.25, -0.2) is 5.43 Å². The molecule has 3 rings (SSSR count). The van der Waals surface area contributed by atoms with Crippen molar-refractivity contribution >= 4 is 12.1 Å². The fourth-order valence-corrected chi connectivity index (χ4v) is 3.11. The molecule has 8 nitrogen and oxygen atoms in total. The number of aryl methyl sites for hydroxylation is 1. The van der Waals surface area contributed by atoms with Crippen LogP contribution in [-0.2, 0) is 12.8 Å². The van der Waals surface area contributed by atoms with Gasteiger partial charge in [0.2, 0.25) is 5.75 Å². The van der Waals surface area contributed by atoms with Gasteiger partial charge in [0.25, 0.3) is 5.91 Å². The van der Waals surface area contributed by atoms with Gasteiger partial charge in [0.1, 0.15) is 0 Å². The summed E-state index contributed by atoms with van der Waals surface area (Å²) < 4.78 is 16.0. The van der Waals surface area contributed by atoms with Crippen molar-refractivity contribution in [3.63, 3.8) is 0 Å². The highest BCUT2D eigenvalue weighted by molar-refractivity contribution is 5.95. The smallest absolute Gasteiger partial charge is 0.292 e. The summed E-state index contributed by atoms with van der Waals surface area (Å²) in [6, 6.07) is 3.51. The second-order valence-corrected chi connectivity index (χ2v) is 5.86. The van der Waals surface area contributed by atoms with E-state index in [-0.39, 0.29) is 5.91 Å². The minimum absolute atomic E-state index is 0.333. The molecule has 1 aliphatic rings. The first-order valence-corrected chi connectivity index (χ1v) is 8.38. The van der Waals surface area contributed by atoms with Crippen LogP contribution in [0.3, 0.4) is 0 Å². The quantitative estimate of drug-likeness (QED) is 0.609. The fraction of sp³-hybridized carbons (Fsp3) is 0.389. The van der Waals surface area contributed by atoms with Gasteiger partial charge in [-0.1, -0.05) is 0 Å². The summed E-state index contributed by atoms with van der Waals surface area (Å²) in [6.07, 6.45) is 5.48. The van der Waals surface area contributed by atoms with Gasteiger partial charge < -0.3 is 14.2 Å². The summed E-state index contributed by atoms with van der Waals surface area (Å²) in [6.45, 7) is 0. The van der Waals surface area contributed by atoms with Crippen LogP contribution in [0, 0.1) is 0 Å². The van der Waals surface area contributed by atoms with Gasteiger partial charge in [-0.15, -0.1) is 0 Å². The minimum Gasteiger partial charge on any atom is -0.493 e. The molecule has 0 radical (unpaired) electrons. The van der Waals surface area contributed by atoms with Crippen LogP contribution in [-0.4, -0.2) is 43.6 Å². The number of carbonyl (C=O) groups is 1. The number of aromatic nitrogens is 2. The first kappa shape index (κ1) is 17.8. The molecule has 0 spiro atoms. The van der Waals surface area contributed by atoms with Crippen LogP contribution in [0.5, 0.6) is 17.2 Å². The van der Waals surface area contributed by atoms with Crippen molar-refractivity contribution < 1.29 is 19.0 Å². The Bertz CT molecular complexity index is 829. The molecule has 26 heavy (non-hydrogen) atoms. The van der Waals surface area contributed by atoms with Crippen molar-refractivity contribution in [1.29, 1.82) is 0 Å². The molecule has 0 bridgehead atoms. The number of ether oxygens (including phenoxy) is 3. The lowest BCUT2D eigenvalue weighted by Crippen LogP contribution is -2.20. The zero-order chi connectivity index (χ0) is 18.5. The molecule has 1 aromatic heterocycles. The number of H-pyrrole nitrogens is 1. The number of hydrazone groups is 1. The molecule has 2 aromatic rings. The van der Waals surface area contributed by atoms with Crippen molar-refractivity contribution in [3.8, 4) is 17.2 Å². The van der Waals surface area contributed by atoms with Crippen molar-refractivity contribution in [1.82, 2.24) is 15.6 Å². The highest BCUT2D eigenvalue weighted by atomic mass is 16.5. The molecule has 0 saturated heterocycles. The van der Waals surface area contributed by atoms with Crippen LogP contribution in [0.4, 0.5) is 0 Å². The third-order valence-electron chi connectivity index (χ3n) is 4.38. The van der Waals surface area contributed by atoms with Gasteiger partial charge in [0, 0.05) is 16.8 Å². The number of hydrogen-bond donors (Lipinski definition) is 2. The zero-order valence-corrected chi connectivity index (χ0v) is 15.1. The Morgan fingerprint density at radius 3 is 2.65 bits per heavy atom. The molecule has 1 aromatic carbocycles. The lowest BCUT2D eigenvalue weighted by molar-refractivity contribution is 0.0949. The van der Waals surface area contributed by atoms with Crippen LogP contribution in [0.2, 0.25) is 0 Å². The summed E-state index contributed by atoms with van der Waals surface area (Å²) in [5.74, 6) is 1.16. The number of rotatable bonds is 6. The number of amides is 1. The summed E-state index contributed by atoms with van der Waals surface area (Å²) in [4.78, 5) is 12.4. The molecule has 0 saturated carbocycles. The molecule has 1 amide bonds. The van der Waals surface area contributed by atoms with Crippen molar-refractivity contribution in [3.05, 3.63) is 34.6 Å². The average molecular weight is 358 g/mol. The topological polar surface area (TPSA) is 97.8 Å². The van der Waals surface area contributed by atoms with E-state index < -0.39 is 0 Å². The van der Waals surface area contributed by atoms with Crippen LogP contribution >= 0.6 is 0 Å². The van der Waals surface area contributed by atoms with E-state index >= 15 is 0 Å². The van der Waals surface area contributed by atoms with Gasteiger partial charge in [-0.05, 0) is 37.8 Å². The molecule has 0 unspecified atom stereocenters. The maximum atomic E-state index is 12.4. The number of benzene rings is 1. The van der Waals surface area contributed by atoms with E-state index in [0.29, 0.717) is 28.5 Å². The Kier molecular flexibility index (Phi) is 5.40. The van der Waals surface area contributed by atoms with Crippen LogP contribution in [0.1, 0.15) is 40.2 Å². The second kappa shape index (κ2) is 7.90. The fourth-order valence-electron chi connectivity index (χ4n) is 3.11. The largest absolute Gasteiger partial charge is 0.493 e. The van der Waals surface area contributed by atoms with Crippen molar-refractivity contribution in [2.75, 3.05) is 21.3 Å². The van der Waals surface area contributed by atoms with E-state index in [0.717, 1.165) is 36.9 Å². The normalized spacial score (nSPS) is 13.3. The van der Waals surface area contributed by atoms with Gasteiger partial charge in [0.15, 0.2) is 17.2 Å². The number of hydrogen-bond acceptors (Lipinski definition) is 6. The Morgan fingerprint density at radius 1 is 1.15 bits per heavy atom. The lowest BCUT2D eigenvalue weighted by atomic mass is 9.96. The SMILES string of the molecule is COc1ccc(C=NNC(=O)c2n[nH]c3c2CCCC3)c(OC)c1OC. The van der Waals surface area contributed by atoms with Crippen LogP contribution in [0.25, 0.3) is 0 Å². The average Bonchev–Trinajstić information content (AvgIpc) is 3.11. The minimum atomic E-state index is -0.333. The molecule has 8 heteroatoms. The molecule has 0 fully saturated rings. The first-order valence-electron chi connectivity index (χ1n) is 8.38. The molecule has 1 aliphatic carbocycles. The van der Waals surface area contributed by atoms with Gasteiger partial charge in [-0.2, -0.15) is 10.2 Å². The number of carbonyl (C=O) groups excluding carboxylic acids is 1. The summed E-state index contributed by atoms with van der Waals surface area (Å²) in [5, 5.41) is 11.1. The van der Waals surface area contributed by atoms with Gasteiger partial charge in [0.05, 0.1) is 27.5 Å².